The summed E-state index contributed by atoms with van der Waals surface area (Å²) in [5.41, 5.74) is 2.18. The van der Waals surface area contributed by atoms with Crippen LogP contribution >= 0.6 is 27.5 Å². The number of hydrogen-bond acceptors (Lipinski definition) is 3. The number of rotatable bonds is 6. The number of pyridine rings is 1. The van der Waals surface area contributed by atoms with Crippen LogP contribution in [-0.2, 0) is 13.2 Å². The second kappa shape index (κ2) is 6.77. The van der Waals surface area contributed by atoms with Crippen molar-refractivity contribution >= 4 is 27.5 Å². The highest BCUT2D eigenvalue weighted by Gasteiger charge is 2.20. The molecule has 1 aromatic carbocycles. The molecule has 1 aliphatic rings. The lowest BCUT2D eigenvalue weighted by atomic mass is 10.2. The zero-order chi connectivity index (χ0) is 14.7. The first-order valence-corrected chi connectivity index (χ1v) is 8.12. The maximum Gasteiger partial charge on any atom is 0.138 e. The summed E-state index contributed by atoms with van der Waals surface area (Å²) in [5, 5.41) is 4.12. The van der Waals surface area contributed by atoms with Crippen LogP contribution in [0.1, 0.15) is 24.0 Å². The zero-order valence-corrected chi connectivity index (χ0v) is 13.8. The minimum atomic E-state index is 0.450. The lowest BCUT2D eigenvalue weighted by Gasteiger charge is -2.10. The molecule has 0 spiro atoms. The Balaban J connectivity index is 1.59. The van der Waals surface area contributed by atoms with Crippen LogP contribution in [0.2, 0.25) is 5.02 Å². The SMILES string of the molecule is Clc1cc(CNC2CC2)ccc1OCc1cncc(Br)c1. The predicted molar refractivity (Wildman–Crippen MR) is 87.6 cm³/mol. The fourth-order valence-electron chi connectivity index (χ4n) is 2.02. The van der Waals surface area contributed by atoms with E-state index in [2.05, 4.69) is 32.3 Å². The van der Waals surface area contributed by atoms with Gasteiger partial charge in [0.25, 0.3) is 0 Å². The van der Waals surface area contributed by atoms with E-state index in [-0.39, 0.29) is 0 Å². The molecular weight excluding hydrogens is 352 g/mol. The highest BCUT2D eigenvalue weighted by Crippen LogP contribution is 2.27. The molecule has 0 atom stereocenters. The molecule has 0 amide bonds. The largest absolute Gasteiger partial charge is 0.487 e. The first-order valence-electron chi connectivity index (χ1n) is 6.95. The van der Waals surface area contributed by atoms with Crippen LogP contribution in [-0.4, -0.2) is 11.0 Å². The molecule has 0 aliphatic heterocycles. The minimum Gasteiger partial charge on any atom is -0.487 e. The molecule has 0 saturated heterocycles. The third-order valence-electron chi connectivity index (χ3n) is 3.32. The molecule has 3 nitrogen and oxygen atoms in total. The summed E-state index contributed by atoms with van der Waals surface area (Å²) in [7, 11) is 0. The number of aromatic nitrogens is 1. The van der Waals surface area contributed by atoms with Crippen molar-refractivity contribution < 1.29 is 4.74 Å². The summed E-state index contributed by atoms with van der Waals surface area (Å²) in [6.07, 6.45) is 6.11. The second-order valence-corrected chi connectivity index (χ2v) is 6.54. The highest BCUT2D eigenvalue weighted by atomic mass is 79.9. The summed E-state index contributed by atoms with van der Waals surface area (Å²) in [4.78, 5) is 4.11. The van der Waals surface area contributed by atoms with Crippen LogP contribution in [0.15, 0.2) is 41.1 Å². The number of nitrogens with zero attached hydrogens (tertiary/aromatic N) is 1. The van der Waals surface area contributed by atoms with Crippen molar-refractivity contribution in [2.24, 2.45) is 0 Å². The van der Waals surface area contributed by atoms with E-state index >= 15 is 0 Å². The molecule has 0 bridgehead atoms. The number of halogens is 2. The maximum atomic E-state index is 6.28. The highest BCUT2D eigenvalue weighted by molar-refractivity contribution is 9.10. The molecule has 1 fully saturated rings. The Morgan fingerprint density at radius 3 is 2.81 bits per heavy atom. The molecule has 1 heterocycles. The van der Waals surface area contributed by atoms with Crippen LogP contribution in [0.4, 0.5) is 0 Å². The fourth-order valence-corrected chi connectivity index (χ4v) is 2.69. The summed E-state index contributed by atoms with van der Waals surface area (Å²) in [5.74, 6) is 0.701. The van der Waals surface area contributed by atoms with Gasteiger partial charge in [-0.1, -0.05) is 17.7 Å². The molecule has 1 aliphatic carbocycles. The predicted octanol–water partition coefficient (Wildman–Crippen LogP) is 4.33. The number of hydrogen-bond donors (Lipinski definition) is 1. The third kappa shape index (κ3) is 4.43. The van der Waals surface area contributed by atoms with Gasteiger partial charge < -0.3 is 10.1 Å². The normalized spacial score (nSPS) is 14.2. The topological polar surface area (TPSA) is 34.1 Å². The minimum absolute atomic E-state index is 0.450. The van der Waals surface area contributed by atoms with Crippen molar-refractivity contribution in [3.05, 3.63) is 57.3 Å². The first-order chi connectivity index (χ1) is 10.2. The Morgan fingerprint density at radius 1 is 1.24 bits per heavy atom. The lowest BCUT2D eigenvalue weighted by molar-refractivity contribution is 0.306. The van der Waals surface area contributed by atoms with Gasteiger partial charge in [-0.05, 0) is 52.5 Å². The van der Waals surface area contributed by atoms with Gasteiger partial charge in [-0.3, -0.25) is 4.98 Å². The van der Waals surface area contributed by atoms with Gasteiger partial charge in [-0.2, -0.15) is 0 Å². The molecule has 21 heavy (non-hydrogen) atoms. The van der Waals surface area contributed by atoms with E-state index in [1.165, 1.54) is 18.4 Å². The molecule has 2 aromatic rings. The van der Waals surface area contributed by atoms with Crippen LogP contribution in [0.25, 0.3) is 0 Å². The van der Waals surface area contributed by atoms with Gasteiger partial charge in [-0.15, -0.1) is 0 Å². The lowest BCUT2D eigenvalue weighted by Crippen LogP contribution is -2.15. The number of benzene rings is 1. The molecular formula is C16H16BrClN2O. The summed E-state index contributed by atoms with van der Waals surface area (Å²) in [6.45, 7) is 1.31. The zero-order valence-electron chi connectivity index (χ0n) is 11.5. The molecule has 0 radical (unpaired) electrons. The van der Waals surface area contributed by atoms with Crippen molar-refractivity contribution in [1.29, 1.82) is 0 Å². The second-order valence-electron chi connectivity index (χ2n) is 5.22. The van der Waals surface area contributed by atoms with Crippen LogP contribution in [0, 0.1) is 0 Å². The Kier molecular flexibility index (Phi) is 4.78. The number of ether oxygens (including phenoxy) is 1. The molecule has 1 N–H and O–H groups in total. The average molecular weight is 368 g/mol. The van der Waals surface area contributed by atoms with Gasteiger partial charge in [0.05, 0.1) is 5.02 Å². The van der Waals surface area contributed by atoms with Gasteiger partial charge in [-0.25, -0.2) is 0 Å². The van der Waals surface area contributed by atoms with Crippen LogP contribution in [0.3, 0.4) is 0 Å². The summed E-state index contributed by atoms with van der Waals surface area (Å²) in [6, 6.07) is 8.62. The summed E-state index contributed by atoms with van der Waals surface area (Å²) < 4.78 is 6.70. The van der Waals surface area contributed by atoms with Crippen LogP contribution in [0.5, 0.6) is 5.75 Å². The van der Waals surface area contributed by atoms with E-state index in [1.54, 1.807) is 12.4 Å². The van der Waals surface area contributed by atoms with Crippen LogP contribution < -0.4 is 10.1 Å². The van der Waals surface area contributed by atoms with Gasteiger partial charge in [0.1, 0.15) is 12.4 Å². The standard InChI is InChI=1S/C16H16BrClN2O/c17-13-5-12(7-19-9-13)10-21-16-4-1-11(6-15(16)18)8-20-14-2-3-14/h1,4-7,9,14,20H,2-3,8,10H2. The Labute approximate surface area is 137 Å². The molecule has 1 aromatic heterocycles. The van der Waals surface area contributed by atoms with E-state index in [0.717, 1.165) is 16.6 Å². The quantitative estimate of drug-likeness (QED) is 0.825. The fraction of sp³-hybridized carbons (Fsp3) is 0.312. The maximum absolute atomic E-state index is 6.28. The number of nitrogens with one attached hydrogen (secondary N) is 1. The van der Waals surface area contributed by atoms with Crippen molar-refractivity contribution in [2.45, 2.75) is 32.0 Å². The monoisotopic (exact) mass is 366 g/mol. The van der Waals surface area contributed by atoms with E-state index in [4.69, 9.17) is 16.3 Å². The van der Waals surface area contributed by atoms with Crippen molar-refractivity contribution in [3.63, 3.8) is 0 Å². The van der Waals surface area contributed by atoms with E-state index < -0.39 is 0 Å². The Hall–Kier alpha value is -1.10. The van der Waals surface area contributed by atoms with Crippen molar-refractivity contribution in [2.75, 3.05) is 0 Å². The molecule has 110 valence electrons. The Morgan fingerprint density at radius 2 is 2.10 bits per heavy atom. The summed E-state index contributed by atoms with van der Waals surface area (Å²) >= 11 is 9.68. The van der Waals surface area contributed by atoms with Gasteiger partial charge in [0.15, 0.2) is 0 Å². The van der Waals surface area contributed by atoms with Gasteiger partial charge >= 0.3 is 0 Å². The first kappa shape index (κ1) is 14.8. The van der Waals surface area contributed by atoms with Gasteiger partial charge in [0.2, 0.25) is 0 Å². The van der Waals surface area contributed by atoms with Gasteiger partial charge in [0, 0.05) is 35.0 Å². The van der Waals surface area contributed by atoms with Crippen molar-refractivity contribution in [3.8, 4) is 5.75 Å². The molecule has 3 rings (SSSR count). The molecule has 5 heteroatoms. The van der Waals surface area contributed by atoms with Crippen molar-refractivity contribution in [1.82, 2.24) is 10.3 Å². The Bertz CT molecular complexity index is 631. The molecule has 1 saturated carbocycles. The smallest absolute Gasteiger partial charge is 0.138 e. The van der Waals surface area contributed by atoms with E-state index in [0.29, 0.717) is 23.4 Å². The average Bonchev–Trinajstić information content (AvgIpc) is 3.28. The van der Waals surface area contributed by atoms with E-state index in [9.17, 15) is 0 Å². The van der Waals surface area contributed by atoms with E-state index in [1.807, 2.05) is 18.2 Å². The molecule has 0 unspecified atom stereocenters. The third-order valence-corrected chi connectivity index (χ3v) is 4.05.